The van der Waals surface area contributed by atoms with Gasteiger partial charge in [-0.3, -0.25) is 0 Å². The van der Waals surface area contributed by atoms with Crippen LogP contribution in [0.5, 0.6) is 5.75 Å². The summed E-state index contributed by atoms with van der Waals surface area (Å²) in [5.74, 6) is -2.68. The number of nitrogen functional groups attached to an aromatic ring is 1. The Labute approximate surface area is 178 Å². The standard InChI is InChI=1S/C20H24F2N4O4S/c1-11(9-27)10-30-16-8-26-15(6-17(16)31(28,29)20(2,3)4)13(7-24-26)12-5-14(21)19(23)25-18(12)22/h5-8,11,27H,9-10H2,1-4H3,(H2,23,25)/t11-/m1/s1. The predicted molar refractivity (Wildman–Crippen MR) is 111 cm³/mol. The first-order chi connectivity index (χ1) is 14.4. The maximum Gasteiger partial charge on any atom is 0.223 e. The van der Waals surface area contributed by atoms with Crippen LogP contribution in [0.15, 0.2) is 29.4 Å². The molecule has 8 nitrogen and oxygen atoms in total. The molecule has 0 saturated heterocycles. The maximum absolute atomic E-state index is 14.4. The third-order valence-electron chi connectivity index (χ3n) is 4.76. The van der Waals surface area contributed by atoms with Gasteiger partial charge in [-0.05, 0) is 32.9 Å². The van der Waals surface area contributed by atoms with Crippen molar-refractivity contribution in [2.75, 3.05) is 18.9 Å². The number of nitrogens with two attached hydrogens (primary N) is 1. The fourth-order valence-corrected chi connectivity index (χ4v) is 4.10. The minimum atomic E-state index is -3.89. The molecule has 0 aliphatic carbocycles. The van der Waals surface area contributed by atoms with Gasteiger partial charge in [0.1, 0.15) is 4.90 Å². The van der Waals surface area contributed by atoms with E-state index < -0.39 is 32.2 Å². The van der Waals surface area contributed by atoms with E-state index in [1.54, 1.807) is 27.7 Å². The Morgan fingerprint density at radius 1 is 1.26 bits per heavy atom. The second-order valence-electron chi connectivity index (χ2n) is 8.30. The van der Waals surface area contributed by atoms with E-state index >= 15 is 0 Å². The zero-order valence-electron chi connectivity index (χ0n) is 17.6. The molecule has 11 heteroatoms. The van der Waals surface area contributed by atoms with Crippen LogP contribution in [0.3, 0.4) is 0 Å². The van der Waals surface area contributed by atoms with Crippen LogP contribution >= 0.6 is 0 Å². The van der Waals surface area contributed by atoms with Gasteiger partial charge >= 0.3 is 0 Å². The first-order valence-electron chi connectivity index (χ1n) is 9.48. The van der Waals surface area contributed by atoms with Gasteiger partial charge in [0.15, 0.2) is 27.2 Å². The number of hydrogen-bond donors (Lipinski definition) is 2. The predicted octanol–water partition coefficient (Wildman–Crippen LogP) is 2.84. The summed E-state index contributed by atoms with van der Waals surface area (Å²) in [5.41, 5.74) is 5.47. The SMILES string of the molecule is C[C@H](CO)COc1cn2ncc(-c3cc(F)c(N)nc3F)c2cc1S(=O)(=O)C(C)(C)C. The Hall–Kier alpha value is -2.79. The number of hydrogen-bond acceptors (Lipinski definition) is 7. The van der Waals surface area contributed by atoms with Crippen molar-refractivity contribution in [2.24, 2.45) is 5.92 Å². The average molecular weight is 454 g/mol. The Kier molecular flexibility index (Phi) is 5.94. The Bertz CT molecular complexity index is 1240. The third kappa shape index (κ3) is 4.19. The van der Waals surface area contributed by atoms with Crippen LogP contribution < -0.4 is 10.5 Å². The summed E-state index contributed by atoms with van der Waals surface area (Å²) in [6, 6.07) is 2.20. The zero-order valence-corrected chi connectivity index (χ0v) is 18.4. The molecule has 3 N–H and O–H groups in total. The molecule has 0 aliphatic heterocycles. The van der Waals surface area contributed by atoms with E-state index in [1.807, 2.05) is 0 Å². The number of pyridine rings is 2. The van der Waals surface area contributed by atoms with Gasteiger partial charge in [0.25, 0.3) is 0 Å². The van der Waals surface area contributed by atoms with E-state index in [1.165, 1.54) is 23.0 Å². The molecule has 0 aromatic carbocycles. The summed E-state index contributed by atoms with van der Waals surface area (Å²) in [7, 11) is -3.89. The van der Waals surface area contributed by atoms with E-state index in [4.69, 9.17) is 10.5 Å². The lowest BCUT2D eigenvalue weighted by Crippen LogP contribution is -2.28. The van der Waals surface area contributed by atoms with E-state index in [2.05, 4.69) is 10.1 Å². The molecule has 3 aromatic heterocycles. The molecule has 0 spiro atoms. The molecule has 0 bridgehead atoms. The van der Waals surface area contributed by atoms with Crippen molar-refractivity contribution in [3.05, 3.63) is 36.3 Å². The molecule has 31 heavy (non-hydrogen) atoms. The molecule has 168 valence electrons. The molecular formula is C20H24F2N4O4S. The van der Waals surface area contributed by atoms with Crippen molar-refractivity contribution in [2.45, 2.75) is 37.3 Å². The molecule has 0 saturated carbocycles. The number of ether oxygens (including phenoxy) is 1. The van der Waals surface area contributed by atoms with Gasteiger partial charge in [-0.25, -0.2) is 17.3 Å². The van der Waals surface area contributed by atoms with Crippen molar-refractivity contribution in [3.63, 3.8) is 0 Å². The minimum Gasteiger partial charge on any atom is -0.490 e. The fourth-order valence-electron chi connectivity index (χ4n) is 2.80. The van der Waals surface area contributed by atoms with E-state index in [0.29, 0.717) is 0 Å². The molecular weight excluding hydrogens is 430 g/mol. The van der Waals surface area contributed by atoms with Gasteiger partial charge in [-0.1, -0.05) is 6.92 Å². The van der Waals surface area contributed by atoms with Crippen LogP contribution in [-0.4, -0.2) is 46.1 Å². The quantitative estimate of drug-likeness (QED) is 0.550. The second-order valence-corrected chi connectivity index (χ2v) is 11.0. The zero-order chi connectivity index (χ0) is 23.1. The number of anilines is 1. The Morgan fingerprint density at radius 2 is 1.94 bits per heavy atom. The van der Waals surface area contributed by atoms with Crippen LogP contribution in [0.4, 0.5) is 14.6 Å². The average Bonchev–Trinajstić information content (AvgIpc) is 3.09. The molecule has 0 unspecified atom stereocenters. The van der Waals surface area contributed by atoms with Crippen LogP contribution in [0.1, 0.15) is 27.7 Å². The topological polar surface area (TPSA) is 120 Å². The highest BCUT2D eigenvalue weighted by atomic mass is 32.2. The van der Waals surface area contributed by atoms with E-state index in [0.717, 1.165) is 6.07 Å². The van der Waals surface area contributed by atoms with Crippen LogP contribution in [0.2, 0.25) is 0 Å². The molecule has 3 heterocycles. The van der Waals surface area contributed by atoms with Crippen LogP contribution in [-0.2, 0) is 9.84 Å². The molecule has 3 aromatic rings. The number of halogens is 2. The summed E-state index contributed by atoms with van der Waals surface area (Å²) in [6.07, 6.45) is 2.64. The van der Waals surface area contributed by atoms with Gasteiger partial charge in [-0.2, -0.15) is 14.5 Å². The van der Waals surface area contributed by atoms with Gasteiger partial charge in [0, 0.05) is 23.7 Å². The lowest BCUT2D eigenvalue weighted by atomic mass is 10.1. The molecule has 3 rings (SSSR count). The first kappa shape index (κ1) is 22.9. The number of rotatable bonds is 6. The first-order valence-corrected chi connectivity index (χ1v) is 11.0. The number of aliphatic hydroxyl groups is 1. The molecule has 0 fully saturated rings. The minimum absolute atomic E-state index is 0.0412. The third-order valence-corrected chi connectivity index (χ3v) is 7.27. The highest BCUT2D eigenvalue weighted by molar-refractivity contribution is 7.92. The normalized spacial score (nSPS) is 13.5. The Morgan fingerprint density at radius 3 is 2.55 bits per heavy atom. The summed E-state index contributed by atoms with van der Waals surface area (Å²) in [4.78, 5) is 3.23. The highest BCUT2D eigenvalue weighted by Gasteiger charge is 2.34. The van der Waals surface area contributed by atoms with E-state index in [9.17, 15) is 22.3 Å². The van der Waals surface area contributed by atoms with Crippen LogP contribution in [0.25, 0.3) is 16.6 Å². The van der Waals surface area contributed by atoms with Crippen molar-refractivity contribution >= 4 is 21.2 Å². The number of nitrogens with zero attached hydrogens (tertiary/aromatic N) is 3. The lowest BCUT2D eigenvalue weighted by molar-refractivity contribution is 0.171. The Balaban J connectivity index is 2.26. The van der Waals surface area contributed by atoms with Gasteiger partial charge < -0.3 is 15.6 Å². The largest absolute Gasteiger partial charge is 0.490 e. The highest BCUT2D eigenvalue weighted by Crippen LogP contribution is 2.36. The smallest absolute Gasteiger partial charge is 0.223 e. The van der Waals surface area contributed by atoms with Gasteiger partial charge in [-0.15, -0.1) is 0 Å². The fraction of sp³-hybridized carbons (Fsp3) is 0.400. The number of sulfone groups is 1. The molecule has 1 atom stereocenters. The molecule has 0 amide bonds. The molecule has 0 radical (unpaired) electrons. The van der Waals surface area contributed by atoms with Crippen molar-refractivity contribution in [3.8, 4) is 16.9 Å². The van der Waals surface area contributed by atoms with Gasteiger partial charge in [0.05, 0.1) is 29.3 Å². The monoisotopic (exact) mass is 454 g/mol. The summed E-state index contributed by atoms with van der Waals surface area (Å²) in [5, 5.41) is 13.4. The molecule has 0 aliphatic rings. The summed E-state index contributed by atoms with van der Waals surface area (Å²) < 4.78 is 60.7. The number of aliphatic hydroxyl groups excluding tert-OH is 1. The van der Waals surface area contributed by atoms with Crippen molar-refractivity contribution in [1.82, 2.24) is 14.6 Å². The maximum atomic E-state index is 14.4. The van der Waals surface area contributed by atoms with Gasteiger partial charge in [0.2, 0.25) is 5.95 Å². The lowest BCUT2D eigenvalue weighted by Gasteiger charge is -2.22. The van der Waals surface area contributed by atoms with Crippen molar-refractivity contribution < 1.29 is 27.0 Å². The summed E-state index contributed by atoms with van der Waals surface area (Å²) >= 11 is 0. The second kappa shape index (κ2) is 8.04. The number of aromatic nitrogens is 3. The van der Waals surface area contributed by atoms with Crippen LogP contribution in [0, 0.1) is 17.7 Å². The summed E-state index contributed by atoms with van der Waals surface area (Å²) in [6.45, 7) is 6.32. The van der Waals surface area contributed by atoms with Crippen molar-refractivity contribution in [1.29, 1.82) is 0 Å². The number of fused-ring (bicyclic) bond motifs is 1. The van der Waals surface area contributed by atoms with E-state index in [-0.39, 0.29) is 46.4 Å².